The summed E-state index contributed by atoms with van der Waals surface area (Å²) in [5.41, 5.74) is 18.1. The molecule has 31 heavy (non-hydrogen) atoms. The van der Waals surface area contributed by atoms with E-state index in [1.165, 1.54) is 16.9 Å². The van der Waals surface area contributed by atoms with E-state index in [0.29, 0.717) is 32.3 Å². The molecular formula is C24H23N3O3S. The Morgan fingerprint density at radius 3 is 2.35 bits per heavy atom. The number of carbonyl (C=O) groups is 1. The summed E-state index contributed by atoms with van der Waals surface area (Å²) in [5, 5.41) is 0.708. The van der Waals surface area contributed by atoms with Crippen LogP contribution in [0.1, 0.15) is 20.8 Å². The molecule has 0 bridgehead atoms. The van der Waals surface area contributed by atoms with Gasteiger partial charge in [0, 0.05) is 10.9 Å². The zero-order valence-electron chi connectivity index (χ0n) is 17.8. The lowest BCUT2D eigenvalue weighted by atomic mass is 9.97. The Kier molecular flexibility index (Phi) is 5.29. The first kappa shape index (κ1) is 20.7. The summed E-state index contributed by atoms with van der Waals surface area (Å²) in [6.45, 7) is 4.11. The van der Waals surface area contributed by atoms with Crippen molar-refractivity contribution in [3.05, 3.63) is 58.5 Å². The lowest BCUT2D eigenvalue weighted by molar-refractivity contribution is 0.100. The number of nitrogens with zero attached hydrogens (tertiary/aromatic N) is 1. The van der Waals surface area contributed by atoms with Crippen LogP contribution >= 0.6 is 11.3 Å². The highest BCUT2D eigenvalue weighted by molar-refractivity contribution is 7.21. The summed E-state index contributed by atoms with van der Waals surface area (Å²) >= 11 is 1.21. The molecule has 4 aromatic rings. The minimum atomic E-state index is -0.563. The first-order chi connectivity index (χ1) is 14.8. The number of methoxy groups -OCH3 is 2. The Bertz CT molecular complexity index is 1330. The number of anilines is 1. The number of amides is 1. The van der Waals surface area contributed by atoms with E-state index < -0.39 is 5.91 Å². The van der Waals surface area contributed by atoms with Crippen molar-refractivity contribution < 1.29 is 14.3 Å². The molecule has 0 unspecified atom stereocenters. The van der Waals surface area contributed by atoms with Crippen molar-refractivity contribution in [3.8, 4) is 33.9 Å². The minimum Gasteiger partial charge on any atom is -0.493 e. The second-order valence-electron chi connectivity index (χ2n) is 7.33. The van der Waals surface area contributed by atoms with Crippen LogP contribution in [0.25, 0.3) is 32.6 Å². The summed E-state index contributed by atoms with van der Waals surface area (Å²) in [6.07, 6.45) is 0. The van der Waals surface area contributed by atoms with Gasteiger partial charge in [0.15, 0.2) is 11.5 Å². The van der Waals surface area contributed by atoms with Crippen molar-refractivity contribution in [1.82, 2.24) is 4.98 Å². The molecule has 0 radical (unpaired) electrons. The molecule has 0 fully saturated rings. The highest BCUT2D eigenvalue weighted by Crippen LogP contribution is 2.43. The summed E-state index contributed by atoms with van der Waals surface area (Å²) in [6, 6.07) is 13.9. The Morgan fingerprint density at radius 2 is 1.71 bits per heavy atom. The highest BCUT2D eigenvalue weighted by atomic mass is 32.1. The van der Waals surface area contributed by atoms with Crippen LogP contribution in [0, 0.1) is 13.8 Å². The first-order valence-corrected chi connectivity index (χ1v) is 10.5. The number of hydrogen-bond acceptors (Lipinski definition) is 6. The van der Waals surface area contributed by atoms with Gasteiger partial charge in [-0.3, -0.25) is 4.79 Å². The zero-order chi connectivity index (χ0) is 22.3. The highest BCUT2D eigenvalue weighted by Gasteiger charge is 2.21. The molecule has 158 valence electrons. The maximum atomic E-state index is 12.0. The number of carbonyl (C=O) groups excluding carboxylic acids is 1. The van der Waals surface area contributed by atoms with Crippen molar-refractivity contribution in [1.29, 1.82) is 0 Å². The van der Waals surface area contributed by atoms with E-state index in [0.717, 1.165) is 27.9 Å². The Labute approximate surface area is 184 Å². The summed E-state index contributed by atoms with van der Waals surface area (Å²) < 4.78 is 10.9. The van der Waals surface area contributed by atoms with Crippen molar-refractivity contribution >= 4 is 33.1 Å². The Balaban J connectivity index is 2.05. The number of nitrogens with two attached hydrogens (primary N) is 2. The van der Waals surface area contributed by atoms with Crippen LogP contribution < -0.4 is 20.9 Å². The van der Waals surface area contributed by atoms with Gasteiger partial charge >= 0.3 is 0 Å². The number of thiophene rings is 1. The third-order valence-corrected chi connectivity index (χ3v) is 6.39. The lowest BCUT2D eigenvalue weighted by Crippen LogP contribution is -2.10. The third-order valence-electron chi connectivity index (χ3n) is 5.28. The molecule has 0 spiro atoms. The van der Waals surface area contributed by atoms with Gasteiger partial charge in [0.05, 0.1) is 25.6 Å². The Morgan fingerprint density at radius 1 is 0.968 bits per heavy atom. The molecule has 0 saturated carbocycles. The maximum absolute atomic E-state index is 12.0. The molecular weight excluding hydrogens is 410 g/mol. The predicted octanol–water partition coefficient (Wildman–Crippen LogP) is 4.95. The zero-order valence-corrected chi connectivity index (χ0v) is 18.6. The van der Waals surface area contributed by atoms with E-state index in [4.69, 9.17) is 25.9 Å². The summed E-state index contributed by atoms with van der Waals surface area (Å²) in [4.78, 5) is 17.8. The molecule has 0 aliphatic carbocycles. The van der Waals surface area contributed by atoms with E-state index in [2.05, 4.69) is 32.0 Å². The number of aryl methyl sites for hydroxylation is 2. The number of benzene rings is 2. The molecule has 4 N–H and O–H groups in total. The van der Waals surface area contributed by atoms with Gasteiger partial charge in [0.1, 0.15) is 9.71 Å². The van der Waals surface area contributed by atoms with Gasteiger partial charge in [-0.25, -0.2) is 4.98 Å². The fraction of sp³-hybridized carbons (Fsp3) is 0.167. The van der Waals surface area contributed by atoms with E-state index in [9.17, 15) is 4.79 Å². The molecule has 2 heterocycles. The minimum absolute atomic E-state index is 0.307. The number of nitrogen functional groups attached to an aromatic ring is 1. The van der Waals surface area contributed by atoms with Crippen molar-refractivity contribution in [2.75, 3.05) is 20.0 Å². The fourth-order valence-electron chi connectivity index (χ4n) is 3.77. The average Bonchev–Trinajstić information content (AvgIpc) is 3.09. The van der Waals surface area contributed by atoms with E-state index in [1.807, 2.05) is 24.3 Å². The lowest BCUT2D eigenvalue weighted by Gasteiger charge is -2.13. The normalized spacial score (nSPS) is 11.0. The van der Waals surface area contributed by atoms with Gasteiger partial charge in [-0.2, -0.15) is 0 Å². The summed E-state index contributed by atoms with van der Waals surface area (Å²) in [5.74, 6) is 0.663. The van der Waals surface area contributed by atoms with Gasteiger partial charge in [-0.15, -0.1) is 11.3 Å². The van der Waals surface area contributed by atoms with Crippen LogP contribution in [0.15, 0.2) is 42.5 Å². The number of fused-ring (bicyclic) bond motifs is 1. The van der Waals surface area contributed by atoms with Crippen molar-refractivity contribution in [3.63, 3.8) is 0 Å². The van der Waals surface area contributed by atoms with Crippen LogP contribution in [-0.2, 0) is 0 Å². The Hall–Kier alpha value is -3.58. The molecule has 0 aliphatic heterocycles. The van der Waals surface area contributed by atoms with E-state index >= 15 is 0 Å². The number of primary amides is 1. The number of aromatic nitrogens is 1. The molecule has 0 saturated heterocycles. The van der Waals surface area contributed by atoms with Crippen LogP contribution in [0.3, 0.4) is 0 Å². The largest absolute Gasteiger partial charge is 0.493 e. The van der Waals surface area contributed by atoms with Crippen molar-refractivity contribution in [2.24, 2.45) is 5.73 Å². The smallest absolute Gasteiger partial charge is 0.260 e. The molecule has 2 aromatic heterocycles. The van der Waals surface area contributed by atoms with Crippen LogP contribution in [-0.4, -0.2) is 25.1 Å². The molecule has 1 amide bonds. The monoisotopic (exact) mass is 433 g/mol. The SMILES string of the molecule is COc1ccc(-c2cc(-c3ccc(C)cc3C)nc3sc(C(N)=O)c(N)c23)cc1OC. The topological polar surface area (TPSA) is 100 Å². The molecule has 6 nitrogen and oxygen atoms in total. The molecule has 0 aliphatic rings. The maximum Gasteiger partial charge on any atom is 0.260 e. The number of rotatable bonds is 5. The number of ether oxygens (including phenoxy) is 2. The number of pyridine rings is 1. The molecule has 4 rings (SSSR count). The molecule has 7 heteroatoms. The second kappa shape index (κ2) is 7.92. The average molecular weight is 434 g/mol. The fourth-order valence-corrected chi connectivity index (χ4v) is 4.75. The van der Waals surface area contributed by atoms with Crippen LogP contribution in [0.5, 0.6) is 11.5 Å². The van der Waals surface area contributed by atoms with Crippen LogP contribution in [0.2, 0.25) is 0 Å². The molecule has 0 atom stereocenters. The third kappa shape index (κ3) is 3.57. The predicted molar refractivity (Wildman–Crippen MR) is 126 cm³/mol. The van der Waals surface area contributed by atoms with Gasteiger partial charge in [-0.05, 0) is 48.7 Å². The summed E-state index contributed by atoms with van der Waals surface area (Å²) in [7, 11) is 3.19. The number of hydrogen-bond donors (Lipinski definition) is 2. The standard InChI is InChI=1S/C24H23N3O3S/c1-12-5-7-15(13(2)9-12)17-11-16(14-6-8-18(29-3)19(10-14)30-4)20-21(25)22(23(26)28)31-24(20)27-17/h5-11H,25H2,1-4H3,(H2,26,28). The van der Waals surface area contributed by atoms with Gasteiger partial charge < -0.3 is 20.9 Å². The van der Waals surface area contributed by atoms with Crippen LogP contribution in [0.4, 0.5) is 5.69 Å². The van der Waals surface area contributed by atoms with E-state index in [1.54, 1.807) is 14.2 Å². The van der Waals surface area contributed by atoms with Gasteiger partial charge in [-0.1, -0.05) is 29.8 Å². The van der Waals surface area contributed by atoms with Crippen molar-refractivity contribution in [2.45, 2.75) is 13.8 Å². The quantitative estimate of drug-likeness (QED) is 0.464. The molecule has 2 aromatic carbocycles. The van der Waals surface area contributed by atoms with E-state index in [-0.39, 0.29) is 0 Å². The van der Waals surface area contributed by atoms with Gasteiger partial charge in [0.25, 0.3) is 5.91 Å². The first-order valence-electron chi connectivity index (χ1n) is 9.67. The van der Waals surface area contributed by atoms with Gasteiger partial charge in [0.2, 0.25) is 0 Å². The second-order valence-corrected chi connectivity index (χ2v) is 8.33.